The van der Waals surface area contributed by atoms with E-state index in [-0.39, 0.29) is 18.8 Å². The van der Waals surface area contributed by atoms with Crippen molar-refractivity contribution in [1.82, 2.24) is 0 Å². The highest BCUT2D eigenvalue weighted by atomic mass is 16.4. The van der Waals surface area contributed by atoms with Crippen molar-refractivity contribution in [3.05, 3.63) is 176 Å². The fourth-order valence-electron chi connectivity index (χ4n) is 6.11. The van der Waals surface area contributed by atoms with Crippen molar-refractivity contribution in [3.63, 3.8) is 0 Å². The number of rotatable bonds is 9. The quantitative estimate of drug-likeness (QED) is 0.168. The number of hydrogen-bond acceptors (Lipinski definition) is 5. The molecule has 0 aliphatic carbocycles. The lowest BCUT2D eigenvalue weighted by atomic mass is 9.94. The maximum absolute atomic E-state index is 14.1. The van der Waals surface area contributed by atoms with Crippen molar-refractivity contribution in [2.75, 3.05) is 34.2 Å². The third-order valence-electron chi connectivity index (χ3n) is 8.62. The summed E-state index contributed by atoms with van der Waals surface area (Å²) < 4.78 is 2.72. The van der Waals surface area contributed by atoms with Gasteiger partial charge in [-0.05, 0) is 57.6 Å². The molecule has 7 rings (SSSR count). The molecule has 0 fully saturated rings. The number of hydrogen-bond donors (Lipinski definition) is 1. The van der Waals surface area contributed by atoms with Gasteiger partial charge in [-0.15, -0.1) is 0 Å². The van der Waals surface area contributed by atoms with E-state index in [4.69, 9.17) is 0 Å². The first-order valence-electron chi connectivity index (χ1n) is 18.2. The number of benzene rings is 6. The summed E-state index contributed by atoms with van der Waals surface area (Å²) in [6.45, 7) is -0.0694. The Morgan fingerprint density at radius 2 is 0.821 bits per heavy atom. The van der Waals surface area contributed by atoms with Gasteiger partial charge in [0.25, 0.3) is 0 Å². The Morgan fingerprint density at radius 1 is 0.500 bits per heavy atom. The molecule has 0 spiro atoms. The van der Waals surface area contributed by atoms with Crippen molar-refractivity contribution in [2.24, 2.45) is 0 Å². The van der Waals surface area contributed by atoms with E-state index in [9.17, 15) is 24.9 Å². The van der Waals surface area contributed by atoms with Gasteiger partial charge in [0.15, 0.2) is 0 Å². The number of likely N-dealkylation sites (N-methyl/N-ethyl adjacent to an activating group) is 1. The first-order chi connectivity index (χ1) is 26.9. The minimum Gasteiger partial charge on any atom is -0.872 e. The Morgan fingerprint density at radius 3 is 1.11 bits per heavy atom. The maximum Gasteiger partial charge on any atom is 0.219 e. The lowest BCUT2D eigenvalue weighted by Crippen LogP contribution is -2.58. The third kappa shape index (κ3) is 10.9. The van der Waals surface area contributed by atoms with Crippen LogP contribution in [0.25, 0.3) is 61.6 Å². The first-order valence-corrected chi connectivity index (χ1v) is 18.2. The van der Waals surface area contributed by atoms with Gasteiger partial charge in [0.2, 0.25) is 17.1 Å². The summed E-state index contributed by atoms with van der Waals surface area (Å²) >= 11 is 0. The lowest BCUT2D eigenvalue weighted by molar-refractivity contribution is -0.864. The average molecular weight is 744 g/mol. The second kappa shape index (κ2) is 18.9. The first kappa shape index (κ1) is 40.3. The fourth-order valence-corrected chi connectivity index (χ4v) is 6.11. The van der Waals surface area contributed by atoms with Crippen molar-refractivity contribution >= 4 is 11.9 Å². The lowest BCUT2D eigenvalue weighted by Gasteiger charge is -2.23. The van der Waals surface area contributed by atoms with E-state index < -0.39 is 11.9 Å². The summed E-state index contributed by atoms with van der Waals surface area (Å²) in [5.74, 6) is -2.09. The van der Waals surface area contributed by atoms with E-state index in [1.807, 2.05) is 91.0 Å². The minimum absolute atomic E-state index is 0.0187. The maximum atomic E-state index is 14.1. The highest BCUT2D eigenvalue weighted by Crippen LogP contribution is 2.39. The van der Waals surface area contributed by atoms with Gasteiger partial charge in [-0.1, -0.05) is 133 Å². The summed E-state index contributed by atoms with van der Waals surface area (Å²) in [4.78, 5) is 19.1. The fraction of sp³-hybridized carbons (Fsp3) is 0.104. The molecular formula is C48H45N3O5. The van der Waals surface area contributed by atoms with E-state index in [1.54, 1.807) is 21.1 Å². The molecule has 6 aromatic carbocycles. The Balaban J connectivity index is 0.000000399. The summed E-state index contributed by atoms with van der Waals surface area (Å²) in [5, 5.41) is 33.2. The number of carboxylic acids is 2. The van der Waals surface area contributed by atoms with E-state index in [2.05, 4.69) is 95.2 Å². The van der Waals surface area contributed by atoms with Crippen LogP contribution in [-0.4, -0.2) is 50.7 Å². The van der Waals surface area contributed by atoms with Crippen molar-refractivity contribution in [2.45, 2.75) is 0 Å². The highest BCUT2D eigenvalue weighted by molar-refractivity contribution is 5.84. The zero-order valence-electron chi connectivity index (χ0n) is 31.8. The van der Waals surface area contributed by atoms with E-state index >= 15 is 0 Å². The van der Waals surface area contributed by atoms with Gasteiger partial charge in [-0.2, -0.15) is 4.57 Å². The Labute approximate surface area is 328 Å². The molecule has 56 heavy (non-hydrogen) atoms. The number of pyridine rings is 1. The molecule has 282 valence electrons. The second-order valence-electron chi connectivity index (χ2n) is 14.0. The predicted octanol–water partition coefficient (Wildman–Crippen LogP) is 4.79. The molecule has 7 aromatic rings. The molecule has 8 nitrogen and oxygen atoms in total. The second-order valence-corrected chi connectivity index (χ2v) is 14.0. The van der Waals surface area contributed by atoms with Gasteiger partial charge in [0, 0.05) is 35.4 Å². The van der Waals surface area contributed by atoms with Crippen LogP contribution >= 0.6 is 0 Å². The van der Waals surface area contributed by atoms with Crippen LogP contribution in [0.2, 0.25) is 0 Å². The minimum atomic E-state index is -1.11. The smallest absolute Gasteiger partial charge is 0.219 e. The highest BCUT2D eigenvalue weighted by Gasteiger charge is 2.26. The van der Waals surface area contributed by atoms with Gasteiger partial charge in [0.05, 0.1) is 33.1 Å². The molecule has 0 unspecified atom stereocenters. The number of carbonyl (C=O) groups excluding carboxylic acids is 2. The Hall–Kier alpha value is -6.87. The molecule has 1 heterocycles. The molecule has 8 heteroatoms. The van der Waals surface area contributed by atoms with Gasteiger partial charge >= 0.3 is 0 Å². The van der Waals surface area contributed by atoms with Gasteiger partial charge in [-0.25, -0.2) is 0 Å². The third-order valence-corrected chi connectivity index (χ3v) is 8.62. The zero-order valence-corrected chi connectivity index (χ0v) is 31.8. The number of quaternary nitrogens is 2. The molecule has 0 saturated carbocycles. The number of aliphatic carboxylic acids is 2. The van der Waals surface area contributed by atoms with Crippen LogP contribution in [0.3, 0.4) is 0 Å². The van der Waals surface area contributed by atoms with E-state index in [0.717, 1.165) is 50.5 Å². The zero-order chi connectivity index (χ0) is 40.1. The molecule has 0 aliphatic rings. The van der Waals surface area contributed by atoms with Crippen molar-refractivity contribution in [3.8, 4) is 67.3 Å². The molecule has 0 amide bonds. The molecule has 3 N–H and O–H groups in total. The molecular weight excluding hydrogens is 699 g/mol. The van der Waals surface area contributed by atoms with Crippen molar-refractivity contribution in [1.29, 1.82) is 0 Å². The summed E-state index contributed by atoms with van der Waals surface area (Å²) in [6, 6.07) is 60.0. The Bertz CT molecular complexity index is 2230. The molecule has 0 radical (unpaired) electrons. The van der Waals surface area contributed by atoms with Gasteiger partial charge < -0.3 is 35.1 Å². The van der Waals surface area contributed by atoms with Crippen LogP contribution in [0.5, 0.6) is 5.75 Å². The van der Waals surface area contributed by atoms with Crippen LogP contribution in [0, 0.1) is 0 Å². The summed E-state index contributed by atoms with van der Waals surface area (Å²) in [6.07, 6.45) is 0. The number of aromatic nitrogens is 1. The van der Waals surface area contributed by atoms with Crippen LogP contribution in [0.15, 0.2) is 176 Å². The SMILES string of the molecule is C[N+](C)(C)CC(=O)[O-].[NH3+]CC(=O)[O-].[O-]c1c(-c2ccccc2)cc(-[n+]2c(-c3ccccc3)cc(-c3ccccc3)cc2-c2ccccc2)cc1-c1ccccc1. The summed E-state index contributed by atoms with van der Waals surface area (Å²) in [5.41, 5.74) is 13.6. The van der Waals surface area contributed by atoms with E-state index in [0.29, 0.717) is 15.6 Å². The van der Waals surface area contributed by atoms with Crippen LogP contribution in [0.1, 0.15) is 0 Å². The molecule has 1 aromatic heterocycles. The molecule has 0 bridgehead atoms. The predicted molar refractivity (Wildman–Crippen MR) is 215 cm³/mol. The molecule has 0 saturated heterocycles. The van der Waals surface area contributed by atoms with Gasteiger partial charge in [-0.3, -0.25) is 0 Å². The normalized spacial score (nSPS) is 10.6. The van der Waals surface area contributed by atoms with Gasteiger partial charge in [0.1, 0.15) is 13.1 Å². The van der Waals surface area contributed by atoms with E-state index in [1.165, 1.54) is 0 Å². The summed E-state index contributed by atoms with van der Waals surface area (Å²) in [7, 11) is 5.40. The number of carbonyl (C=O) groups is 2. The monoisotopic (exact) mass is 743 g/mol. The van der Waals surface area contributed by atoms with Crippen LogP contribution < -0.4 is 25.6 Å². The average Bonchev–Trinajstić information content (AvgIpc) is 3.21. The largest absolute Gasteiger partial charge is 0.872 e. The molecule has 0 atom stereocenters. The molecule has 0 aliphatic heterocycles. The Kier molecular flexibility index (Phi) is 13.6. The standard InChI is InChI=1S/C41H29NO.C5H11NO2.C2H5NO2/c43-41-37(31-18-8-2-9-19-31)28-36(29-38(41)32-20-10-3-11-21-32)42-39(33-22-12-4-13-23-33)26-35(30-16-6-1-7-17-30)27-40(42)34-24-14-5-15-25-34;1-6(2,3)4-5(7)8;3-1-2(4)5/h1-29H;4H2,1-3H3;1,3H2,(H,4,5). The number of carboxylic acid groups (broad SMARTS) is 2. The van der Waals surface area contributed by atoms with Crippen molar-refractivity contribution < 1.29 is 39.7 Å². The van der Waals surface area contributed by atoms with Crippen LogP contribution in [0.4, 0.5) is 0 Å². The topological polar surface area (TPSA) is 135 Å². The number of nitrogens with zero attached hydrogens (tertiary/aromatic N) is 2. The van der Waals surface area contributed by atoms with Crippen LogP contribution in [-0.2, 0) is 9.59 Å².